The smallest absolute Gasteiger partial charge is 0.248 e. The molecule has 1 saturated carbocycles. The Hall–Kier alpha value is -2.77. The number of benzene rings is 1. The summed E-state index contributed by atoms with van der Waals surface area (Å²) in [5, 5.41) is 11.9. The van der Waals surface area contributed by atoms with Gasteiger partial charge in [-0.15, -0.1) is 10.2 Å². The van der Waals surface area contributed by atoms with Crippen molar-refractivity contribution in [3.8, 4) is 0 Å². The number of halogens is 2. The lowest BCUT2D eigenvalue weighted by Crippen LogP contribution is -2.38. The van der Waals surface area contributed by atoms with Crippen LogP contribution in [0, 0.1) is 12.8 Å². The molecule has 0 bridgehead atoms. The van der Waals surface area contributed by atoms with Crippen molar-refractivity contribution in [2.75, 3.05) is 13.1 Å². The van der Waals surface area contributed by atoms with Gasteiger partial charge in [-0.1, -0.05) is 57.7 Å². The normalized spacial score (nSPS) is 17.4. The average Bonchev–Trinajstić information content (AvgIpc) is 3.27. The second kappa shape index (κ2) is 13.2. The Bertz CT molecular complexity index is 997. The molecule has 2 atom stereocenters. The average molecular weight is 516 g/mol. The molecule has 0 radical (unpaired) electrons. The van der Waals surface area contributed by atoms with Gasteiger partial charge in [-0.2, -0.15) is 0 Å². The molecule has 0 saturated heterocycles. The molecule has 0 aliphatic heterocycles. The number of alkyl halides is 2. The summed E-state index contributed by atoms with van der Waals surface area (Å²) in [5.41, 5.74) is 1.02. The molecule has 204 valence electrons. The molecule has 1 N–H and O–H groups in total. The number of aryl methyl sites for hydroxylation is 1. The molecule has 0 spiro atoms. The van der Waals surface area contributed by atoms with E-state index in [1.165, 1.54) is 0 Å². The topological polar surface area (TPSA) is 63.1 Å². The highest BCUT2D eigenvalue weighted by Crippen LogP contribution is 2.36. The molecule has 1 heterocycles. The van der Waals surface area contributed by atoms with E-state index in [1.54, 1.807) is 0 Å². The van der Waals surface area contributed by atoms with E-state index in [0.29, 0.717) is 18.4 Å². The molecule has 1 aromatic heterocycles. The Balaban J connectivity index is 1.62. The van der Waals surface area contributed by atoms with E-state index >= 15 is 0 Å². The van der Waals surface area contributed by atoms with E-state index in [0.717, 1.165) is 43.1 Å². The van der Waals surface area contributed by atoms with Crippen molar-refractivity contribution in [3.63, 3.8) is 0 Å². The van der Waals surface area contributed by atoms with Gasteiger partial charge < -0.3 is 14.8 Å². The van der Waals surface area contributed by atoms with Crippen molar-refractivity contribution in [2.45, 2.75) is 96.6 Å². The SMILES string of the molecule is C=CN(CCC(CC)n1c(C)nnc1C(C)C)CC[C@H](NC(=O)C1CCC(F)(F)CC1)c1ccccc1. The summed E-state index contributed by atoms with van der Waals surface area (Å²) in [6, 6.07) is 9.99. The number of carbonyl (C=O) groups is 1. The van der Waals surface area contributed by atoms with E-state index in [-0.39, 0.29) is 43.6 Å². The first-order valence-corrected chi connectivity index (χ1v) is 13.7. The van der Waals surface area contributed by atoms with Gasteiger partial charge in [-0.3, -0.25) is 4.79 Å². The van der Waals surface area contributed by atoms with Crippen LogP contribution in [-0.2, 0) is 4.79 Å². The summed E-state index contributed by atoms with van der Waals surface area (Å²) < 4.78 is 29.5. The number of nitrogens with zero attached hydrogens (tertiary/aromatic N) is 4. The van der Waals surface area contributed by atoms with Crippen LogP contribution < -0.4 is 5.32 Å². The maximum atomic E-state index is 13.6. The highest BCUT2D eigenvalue weighted by atomic mass is 19.3. The lowest BCUT2D eigenvalue weighted by Gasteiger charge is -2.30. The summed E-state index contributed by atoms with van der Waals surface area (Å²) in [5.74, 6) is -0.859. The van der Waals surface area contributed by atoms with Gasteiger partial charge in [0.15, 0.2) is 0 Å². The van der Waals surface area contributed by atoms with Gasteiger partial charge in [-0.25, -0.2) is 8.78 Å². The predicted octanol–water partition coefficient (Wildman–Crippen LogP) is 6.57. The molecule has 1 aromatic carbocycles. The number of carbonyl (C=O) groups excluding carboxylic acids is 1. The summed E-state index contributed by atoms with van der Waals surface area (Å²) >= 11 is 0. The Labute approximate surface area is 220 Å². The van der Waals surface area contributed by atoms with Crippen LogP contribution in [0.5, 0.6) is 0 Å². The summed E-state index contributed by atoms with van der Waals surface area (Å²) in [4.78, 5) is 15.2. The van der Waals surface area contributed by atoms with Gasteiger partial charge in [0.2, 0.25) is 11.8 Å². The molecule has 8 heteroatoms. The standard InChI is InChI=1S/C29H43F2N5O/c1-6-25(36-22(5)33-34-27(36)21(3)4)15-19-35(7-2)20-16-26(23-11-9-8-10-12-23)32-28(37)24-13-17-29(30,31)18-14-24/h7-12,21,24-26H,2,6,13-20H2,1,3-5H3,(H,32,37)/t25?,26-/m0/s1. The first kappa shape index (κ1) is 28.8. The van der Waals surface area contributed by atoms with Crippen LogP contribution in [0.2, 0.25) is 0 Å². The number of hydrogen-bond acceptors (Lipinski definition) is 4. The molecule has 1 amide bonds. The van der Waals surface area contributed by atoms with Crippen LogP contribution in [0.25, 0.3) is 0 Å². The van der Waals surface area contributed by atoms with Crippen LogP contribution in [0.4, 0.5) is 8.78 Å². The molecule has 1 aliphatic carbocycles. The molecular weight excluding hydrogens is 472 g/mol. The Morgan fingerprint density at radius 1 is 1.19 bits per heavy atom. The molecule has 1 aliphatic rings. The molecule has 2 aromatic rings. The van der Waals surface area contributed by atoms with Crippen LogP contribution >= 0.6 is 0 Å². The fourth-order valence-corrected chi connectivity index (χ4v) is 5.25. The lowest BCUT2D eigenvalue weighted by atomic mass is 9.86. The van der Waals surface area contributed by atoms with Gasteiger partial charge in [-0.05, 0) is 50.8 Å². The van der Waals surface area contributed by atoms with Crippen molar-refractivity contribution in [1.29, 1.82) is 0 Å². The Kier molecular flexibility index (Phi) is 10.2. The molecule has 37 heavy (non-hydrogen) atoms. The zero-order valence-corrected chi connectivity index (χ0v) is 22.8. The maximum Gasteiger partial charge on any atom is 0.248 e. The largest absolute Gasteiger partial charge is 0.378 e. The quantitative estimate of drug-likeness (QED) is 0.328. The number of nitrogens with one attached hydrogen (secondary N) is 1. The molecular formula is C29H43F2N5O. The van der Waals surface area contributed by atoms with Crippen molar-refractivity contribution < 1.29 is 13.6 Å². The third-order valence-corrected chi connectivity index (χ3v) is 7.56. The summed E-state index contributed by atoms with van der Waals surface area (Å²) in [7, 11) is 0. The minimum absolute atomic E-state index is 0.121. The highest BCUT2D eigenvalue weighted by molar-refractivity contribution is 5.79. The van der Waals surface area contributed by atoms with Crippen molar-refractivity contribution >= 4 is 5.91 Å². The van der Waals surface area contributed by atoms with Gasteiger partial charge in [0.25, 0.3) is 0 Å². The first-order valence-electron chi connectivity index (χ1n) is 13.7. The van der Waals surface area contributed by atoms with E-state index in [1.807, 2.05) is 43.5 Å². The summed E-state index contributed by atoms with van der Waals surface area (Å²) in [6.07, 6.45) is 4.51. The van der Waals surface area contributed by atoms with Gasteiger partial charge in [0.05, 0.1) is 6.04 Å². The van der Waals surface area contributed by atoms with Gasteiger partial charge in [0.1, 0.15) is 11.6 Å². The first-order chi connectivity index (χ1) is 17.6. The van der Waals surface area contributed by atoms with E-state index in [2.05, 4.69) is 52.3 Å². The molecule has 6 nitrogen and oxygen atoms in total. The number of aromatic nitrogens is 3. The number of rotatable bonds is 13. The van der Waals surface area contributed by atoms with Crippen LogP contribution in [0.3, 0.4) is 0 Å². The number of hydrogen-bond donors (Lipinski definition) is 1. The molecule has 1 unspecified atom stereocenters. The minimum Gasteiger partial charge on any atom is -0.378 e. The summed E-state index contributed by atoms with van der Waals surface area (Å²) in [6.45, 7) is 14.0. The zero-order chi connectivity index (χ0) is 27.0. The van der Waals surface area contributed by atoms with Crippen LogP contribution in [0.15, 0.2) is 43.1 Å². The Morgan fingerprint density at radius 3 is 2.43 bits per heavy atom. The second-order valence-electron chi connectivity index (χ2n) is 10.6. The van der Waals surface area contributed by atoms with Gasteiger partial charge >= 0.3 is 0 Å². The molecule has 3 rings (SSSR count). The fourth-order valence-electron chi connectivity index (χ4n) is 5.25. The third kappa shape index (κ3) is 7.86. The third-order valence-electron chi connectivity index (χ3n) is 7.56. The van der Waals surface area contributed by atoms with E-state index in [4.69, 9.17) is 0 Å². The number of amides is 1. The van der Waals surface area contributed by atoms with E-state index < -0.39 is 5.92 Å². The monoisotopic (exact) mass is 515 g/mol. The van der Waals surface area contributed by atoms with Crippen molar-refractivity contribution in [2.24, 2.45) is 5.92 Å². The van der Waals surface area contributed by atoms with Crippen LogP contribution in [0.1, 0.15) is 101 Å². The fraction of sp³-hybridized carbons (Fsp3) is 0.621. The molecule has 1 fully saturated rings. The lowest BCUT2D eigenvalue weighted by molar-refractivity contribution is -0.130. The Morgan fingerprint density at radius 2 is 1.84 bits per heavy atom. The van der Waals surface area contributed by atoms with Crippen LogP contribution in [-0.4, -0.2) is 44.6 Å². The van der Waals surface area contributed by atoms with E-state index in [9.17, 15) is 13.6 Å². The highest BCUT2D eigenvalue weighted by Gasteiger charge is 2.37. The maximum absolute atomic E-state index is 13.6. The second-order valence-corrected chi connectivity index (χ2v) is 10.6. The minimum atomic E-state index is -2.64. The van der Waals surface area contributed by atoms with Crippen molar-refractivity contribution in [1.82, 2.24) is 25.0 Å². The predicted molar refractivity (Wildman–Crippen MR) is 143 cm³/mol. The zero-order valence-electron chi connectivity index (χ0n) is 22.8. The van der Waals surface area contributed by atoms with Crippen molar-refractivity contribution in [3.05, 3.63) is 60.3 Å². The van der Waals surface area contributed by atoms with Gasteiger partial charge in [0, 0.05) is 43.8 Å².